The minimum Gasteiger partial charge on any atom is -0.393 e. The van der Waals surface area contributed by atoms with E-state index in [4.69, 9.17) is 5.11 Å². The molecule has 0 fully saturated rings. The highest BCUT2D eigenvalue weighted by molar-refractivity contribution is 5.94. The van der Waals surface area contributed by atoms with E-state index >= 15 is 0 Å². The third-order valence-electron chi connectivity index (χ3n) is 1.97. The van der Waals surface area contributed by atoms with Crippen LogP contribution in [0, 0.1) is 11.6 Å². The number of halogens is 2. The molecule has 0 spiro atoms. The lowest BCUT2D eigenvalue weighted by Crippen LogP contribution is -2.26. The second-order valence-corrected chi connectivity index (χ2v) is 3.55. The van der Waals surface area contributed by atoms with Crippen LogP contribution in [0.15, 0.2) is 18.2 Å². The molecule has 1 rings (SSSR count). The Labute approximate surface area is 92.1 Å². The van der Waals surface area contributed by atoms with Crippen LogP contribution >= 0.6 is 0 Å². The van der Waals surface area contributed by atoms with Gasteiger partial charge in [-0.25, -0.2) is 8.78 Å². The van der Waals surface area contributed by atoms with E-state index in [-0.39, 0.29) is 12.1 Å². The first kappa shape index (κ1) is 12.6. The van der Waals surface area contributed by atoms with Crippen LogP contribution in [0.3, 0.4) is 0 Å². The van der Waals surface area contributed by atoms with E-state index in [0.717, 1.165) is 12.1 Å². The molecule has 16 heavy (non-hydrogen) atoms. The van der Waals surface area contributed by atoms with Crippen molar-refractivity contribution in [3.8, 4) is 0 Å². The Hall–Kier alpha value is -1.49. The second kappa shape index (κ2) is 5.55. The number of aliphatic hydroxyl groups excluding tert-OH is 1. The molecule has 0 aliphatic heterocycles. The maximum Gasteiger partial charge on any atom is 0.251 e. The molecule has 1 amide bonds. The maximum atomic E-state index is 12.8. The summed E-state index contributed by atoms with van der Waals surface area (Å²) in [5, 5.41) is 11.4. The van der Waals surface area contributed by atoms with Crippen molar-refractivity contribution in [2.24, 2.45) is 0 Å². The molecular formula is C11H13F2NO2. The van der Waals surface area contributed by atoms with Gasteiger partial charge in [-0.3, -0.25) is 4.79 Å². The van der Waals surface area contributed by atoms with Crippen molar-refractivity contribution in [3.05, 3.63) is 35.4 Å². The summed E-state index contributed by atoms with van der Waals surface area (Å²) in [7, 11) is 0. The number of aliphatic hydroxyl groups is 1. The minimum atomic E-state index is -0.791. The standard InChI is InChI=1S/C11H13F2NO2/c1-7(15)2-3-14-11(16)8-4-9(12)6-10(13)5-8/h4-7,15H,2-3H2,1H3,(H,14,16). The molecule has 5 heteroatoms. The molecule has 88 valence electrons. The van der Waals surface area contributed by atoms with Gasteiger partial charge in [0.05, 0.1) is 6.10 Å². The van der Waals surface area contributed by atoms with Crippen LogP contribution in [0.2, 0.25) is 0 Å². The molecule has 1 unspecified atom stereocenters. The Kier molecular flexibility index (Phi) is 4.37. The number of amides is 1. The first-order valence-corrected chi connectivity index (χ1v) is 4.91. The summed E-state index contributed by atoms with van der Waals surface area (Å²) < 4.78 is 25.6. The smallest absolute Gasteiger partial charge is 0.251 e. The fourth-order valence-corrected chi connectivity index (χ4v) is 1.18. The van der Waals surface area contributed by atoms with E-state index < -0.39 is 23.6 Å². The molecule has 0 radical (unpaired) electrons. The third kappa shape index (κ3) is 3.94. The molecule has 0 aliphatic rings. The van der Waals surface area contributed by atoms with Crippen LogP contribution in [-0.2, 0) is 0 Å². The topological polar surface area (TPSA) is 49.3 Å². The Morgan fingerprint density at radius 3 is 2.44 bits per heavy atom. The van der Waals surface area contributed by atoms with Gasteiger partial charge < -0.3 is 10.4 Å². The average Bonchev–Trinajstić information content (AvgIpc) is 2.15. The summed E-state index contributed by atoms with van der Waals surface area (Å²) in [4.78, 5) is 11.4. The zero-order valence-electron chi connectivity index (χ0n) is 8.84. The first-order chi connectivity index (χ1) is 7.49. The Balaban J connectivity index is 2.59. The molecule has 1 aromatic rings. The van der Waals surface area contributed by atoms with Crippen molar-refractivity contribution < 1.29 is 18.7 Å². The van der Waals surface area contributed by atoms with Crippen molar-refractivity contribution >= 4 is 5.91 Å². The van der Waals surface area contributed by atoms with Gasteiger partial charge in [-0.05, 0) is 25.5 Å². The van der Waals surface area contributed by atoms with Crippen molar-refractivity contribution in [1.29, 1.82) is 0 Å². The summed E-state index contributed by atoms with van der Waals surface area (Å²) >= 11 is 0. The van der Waals surface area contributed by atoms with E-state index in [9.17, 15) is 13.6 Å². The molecule has 0 saturated heterocycles. The van der Waals surface area contributed by atoms with Crippen molar-refractivity contribution in [3.63, 3.8) is 0 Å². The molecule has 2 N–H and O–H groups in total. The van der Waals surface area contributed by atoms with Crippen LogP contribution < -0.4 is 5.32 Å². The highest BCUT2D eigenvalue weighted by Gasteiger charge is 2.08. The molecule has 0 heterocycles. The van der Waals surface area contributed by atoms with Crippen LogP contribution in [0.4, 0.5) is 8.78 Å². The van der Waals surface area contributed by atoms with Crippen LogP contribution in [0.25, 0.3) is 0 Å². The largest absolute Gasteiger partial charge is 0.393 e. The normalized spacial score (nSPS) is 12.2. The predicted molar refractivity (Wildman–Crippen MR) is 55.0 cm³/mol. The van der Waals surface area contributed by atoms with Gasteiger partial charge in [0, 0.05) is 18.2 Å². The minimum absolute atomic E-state index is 0.0666. The van der Waals surface area contributed by atoms with Gasteiger partial charge in [-0.15, -0.1) is 0 Å². The summed E-state index contributed by atoms with van der Waals surface area (Å²) in [5.74, 6) is -2.14. The molecule has 1 aromatic carbocycles. The quantitative estimate of drug-likeness (QED) is 0.821. The van der Waals surface area contributed by atoms with Crippen LogP contribution in [0.1, 0.15) is 23.7 Å². The van der Waals surface area contributed by atoms with Gasteiger partial charge in [-0.1, -0.05) is 0 Å². The lowest BCUT2D eigenvalue weighted by molar-refractivity contribution is 0.0944. The van der Waals surface area contributed by atoms with E-state index in [2.05, 4.69) is 5.32 Å². The van der Waals surface area contributed by atoms with Crippen LogP contribution in [0.5, 0.6) is 0 Å². The second-order valence-electron chi connectivity index (χ2n) is 3.55. The van der Waals surface area contributed by atoms with Gasteiger partial charge in [0.15, 0.2) is 0 Å². The van der Waals surface area contributed by atoms with Gasteiger partial charge in [0.2, 0.25) is 0 Å². The molecule has 0 saturated carbocycles. The third-order valence-corrected chi connectivity index (χ3v) is 1.97. The summed E-state index contributed by atoms with van der Waals surface area (Å²) in [5.41, 5.74) is -0.0666. The average molecular weight is 229 g/mol. The van der Waals surface area contributed by atoms with Crippen LogP contribution in [-0.4, -0.2) is 23.7 Å². The highest BCUT2D eigenvalue weighted by atomic mass is 19.1. The lowest BCUT2D eigenvalue weighted by Gasteiger charge is -2.06. The SMILES string of the molecule is CC(O)CCNC(=O)c1cc(F)cc(F)c1. The van der Waals surface area contributed by atoms with Gasteiger partial charge in [0.25, 0.3) is 5.91 Å². The number of hydrogen-bond donors (Lipinski definition) is 2. The molecule has 1 atom stereocenters. The molecule has 0 bridgehead atoms. The number of rotatable bonds is 4. The van der Waals surface area contributed by atoms with E-state index in [1.54, 1.807) is 6.92 Å². The molecular weight excluding hydrogens is 216 g/mol. The number of carbonyl (C=O) groups excluding carboxylic acids is 1. The Morgan fingerprint density at radius 2 is 1.94 bits per heavy atom. The van der Waals surface area contributed by atoms with Gasteiger partial charge in [-0.2, -0.15) is 0 Å². The number of carbonyl (C=O) groups is 1. The zero-order chi connectivity index (χ0) is 12.1. The van der Waals surface area contributed by atoms with E-state index in [0.29, 0.717) is 12.5 Å². The fraction of sp³-hybridized carbons (Fsp3) is 0.364. The maximum absolute atomic E-state index is 12.8. The number of hydrogen-bond acceptors (Lipinski definition) is 2. The summed E-state index contributed by atoms with van der Waals surface area (Å²) in [6, 6.07) is 2.62. The highest BCUT2D eigenvalue weighted by Crippen LogP contribution is 2.07. The van der Waals surface area contributed by atoms with E-state index in [1.165, 1.54) is 0 Å². The monoisotopic (exact) mass is 229 g/mol. The molecule has 0 aliphatic carbocycles. The fourth-order valence-electron chi connectivity index (χ4n) is 1.18. The lowest BCUT2D eigenvalue weighted by atomic mass is 10.2. The predicted octanol–water partition coefficient (Wildman–Crippen LogP) is 1.47. The van der Waals surface area contributed by atoms with Crippen molar-refractivity contribution in [1.82, 2.24) is 5.32 Å². The zero-order valence-corrected chi connectivity index (χ0v) is 8.84. The van der Waals surface area contributed by atoms with Gasteiger partial charge >= 0.3 is 0 Å². The number of benzene rings is 1. The molecule has 3 nitrogen and oxygen atoms in total. The Morgan fingerprint density at radius 1 is 1.38 bits per heavy atom. The molecule has 0 aromatic heterocycles. The Bertz CT molecular complexity index is 360. The van der Waals surface area contributed by atoms with Crippen molar-refractivity contribution in [2.75, 3.05) is 6.54 Å². The summed E-state index contributed by atoms with van der Waals surface area (Å²) in [6.07, 6.45) is -0.131. The van der Waals surface area contributed by atoms with Crippen molar-refractivity contribution in [2.45, 2.75) is 19.4 Å². The first-order valence-electron chi connectivity index (χ1n) is 4.91. The van der Waals surface area contributed by atoms with Gasteiger partial charge in [0.1, 0.15) is 11.6 Å². The summed E-state index contributed by atoms with van der Waals surface area (Å²) in [6.45, 7) is 1.85. The number of nitrogens with one attached hydrogen (secondary N) is 1. The van der Waals surface area contributed by atoms with E-state index in [1.807, 2.05) is 0 Å².